The van der Waals surface area contributed by atoms with Gasteiger partial charge in [0.25, 0.3) is 0 Å². The second-order valence-electron chi connectivity index (χ2n) is 7.32. The summed E-state index contributed by atoms with van der Waals surface area (Å²) < 4.78 is 0. The Labute approximate surface area is 191 Å². The molecule has 2 heterocycles. The van der Waals surface area contributed by atoms with Crippen LogP contribution in [-0.2, 0) is 11.2 Å². The molecule has 0 saturated carbocycles. The van der Waals surface area contributed by atoms with Crippen LogP contribution in [0.3, 0.4) is 0 Å². The molecule has 0 spiro atoms. The summed E-state index contributed by atoms with van der Waals surface area (Å²) in [6.07, 6.45) is 5.74. The van der Waals surface area contributed by atoms with E-state index in [0.29, 0.717) is 6.04 Å². The van der Waals surface area contributed by atoms with Gasteiger partial charge in [0.1, 0.15) is 6.54 Å². The minimum atomic E-state index is 0. The van der Waals surface area contributed by atoms with Crippen LogP contribution in [0.1, 0.15) is 37.5 Å². The Bertz CT molecular complexity index is 571. The molecule has 0 bridgehead atoms. The number of amides is 1. The molecule has 8 heteroatoms. The molecule has 0 aliphatic carbocycles. The number of halogens is 1. The molecule has 1 aliphatic rings. The van der Waals surface area contributed by atoms with Gasteiger partial charge in [-0.2, -0.15) is 0 Å². The average molecular weight is 522 g/mol. The summed E-state index contributed by atoms with van der Waals surface area (Å²) in [7, 11) is 3.53. The molecule has 0 radical (unpaired) electrons. The monoisotopic (exact) mass is 521 g/mol. The molecule has 1 amide bonds. The first kappa shape index (κ1) is 25.2. The van der Waals surface area contributed by atoms with Gasteiger partial charge >= 0.3 is 0 Å². The molecule has 1 aliphatic heterocycles. The maximum absolute atomic E-state index is 11.9. The first-order valence-corrected chi connectivity index (χ1v) is 11.0. The van der Waals surface area contributed by atoms with E-state index in [9.17, 15) is 4.79 Å². The van der Waals surface area contributed by atoms with E-state index in [1.54, 1.807) is 30.3 Å². The van der Waals surface area contributed by atoms with Crippen molar-refractivity contribution in [1.29, 1.82) is 0 Å². The van der Waals surface area contributed by atoms with E-state index in [4.69, 9.17) is 0 Å². The lowest BCUT2D eigenvalue weighted by Gasteiger charge is -2.33. The molecule has 1 aromatic rings. The fourth-order valence-corrected chi connectivity index (χ4v) is 3.78. The lowest BCUT2D eigenvalue weighted by atomic mass is 10.0. The van der Waals surface area contributed by atoms with E-state index in [1.807, 2.05) is 0 Å². The number of guanidine groups is 1. The number of thiophene rings is 1. The number of aliphatic imine (C=N–C) groups is 1. The normalized spacial score (nSPS) is 15.8. The Morgan fingerprint density at radius 1 is 1.36 bits per heavy atom. The van der Waals surface area contributed by atoms with Crippen molar-refractivity contribution in [1.82, 2.24) is 20.4 Å². The topological polar surface area (TPSA) is 60.0 Å². The summed E-state index contributed by atoms with van der Waals surface area (Å²) in [4.78, 5) is 21.9. The number of rotatable bonds is 9. The predicted molar refractivity (Wildman–Crippen MR) is 130 cm³/mol. The first-order valence-electron chi connectivity index (χ1n) is 10.1. The zero-order valence-electron chi connectivity index (χ0n) is 17.4. The van der Waals surface area contributed by atoms with E-state index in [-0.39, 0.29) is 36.4 Å². The highest BCUT2D eigenvalue weighted by atomic mass is 127. The molecular weight excluding hydrogens is 485 g/mol. The summed E-state index contributed by atoms with van der Waals surface area (Å²) in [5.41, 5.74) is 0. The molecule has 1 saturated heterocycles. The summed E-state index contributed by atoms with van der Waals surface area (Å²) in [5.74, 6) is 0.775. The molecule has 6 nitrogen and oxygen atoms in total. The number of nitrogens with one attached hydrogen (secondary N) is 2. The van der Waals surface area contributed by atoms with Crippen molar-refractivity contribution in [2.45, 2.75) is 45.1 Å². The minimum absolute atomic E-state index is 0. The molecule has 160 valence electrons. The Balaban J connectivity index is 0.00000392. The van der Waals surface area contributed by atoms with Gasteiger partial charge in [-0.1, -0.05) is 19.4 Å². The quantitative estimate of drug-likeness (QED) is 0.298. The smallest absolute Gasteiger partial charge is 0.243 e. The Kier molecular flexibility index (Phi) is 12.7. The van der Waals surface area contributed by atoms with Crippen molar-refractivity contribution in [3.8, 4) is 0 Å². The zero-order chi connectivity index (χ0) is 19.5. The van der Waals surface area contributed by atoms with Crippen molar-refractivity contribution in [2.75, 3.05) is 46.8 Å². The zero-order valence-corrected chi connectivity index (χ0v) is 20.6. The maximum atomic E-state index is 11.9. The van der Waals surface area contributed by atoms with E-state index in [0.717, 1.165) is 44.9 Å². The molecule has 1 aromatic heterocycles. The van der Waals surface area contributed by atoms with Crippen LogP contribution in [-0.4, -0.2) is 74.5 Å². The van der Waals surface area contributed by atoms with Gasteiger partial charge in [0.15, 0.2) is 5.96 Å². The predicted octanol–water partition coefficient (Wildman–Crippen LogP) is 2.80. The van der Waals surface area contributed by atoms with Gasteiger partial charge in [0.05, 0.1) is 0 Å². The minimum Gasteiger partial charge on any atom is -0.356 e. The van der Waals surface area contributed by atoms with Gasteiger partial charge in [0.2, 0.25) is 5.91 Å². The van der Waals surface area contributed by atoms with Crippen LogP contribution in [0.2, 0.25) is 0 Å². The number of likely N-dealkylation sites (tertiary alicyclic amines) is 1. The van der Waals surface area contributed by atoms with Crippen LogP contribution in [0.15, 0.2) is 22.5 Å². The fourth-order valence-electron chi connectivity index (χ4n) is 3.08. The number of nitrogens with zero attached hydrogens (tertiary/aromatic N) is 3. The molecule has 2 N–H and O–H groups in total. The number of likely N-dealkylation sites (N-methyl/N-ethyl adjacent to an activating group) is 1. The number of hydrogen-bond acceptors (Lipinski definition) is 4. The molecule has 0 unspecified atom stereocenters. The highest BCUT2D eigenvalue weighted by Gasteiger charge is 2.19. The lowest BCUT2D eigenvalue weighted by molar-refractivity contribution is -0.127. The van der Waals surface area contributed by atoms with Crippen LogP contribution < -0.4 is 10.6 Å². The van der Waals surface area contributed by atoms with Crippen LogP contribution in [0, 0.1) is 0 Å². The third kappa shape index (κ3) is 9.56. The third-order valence-electron chi connectivity index (χ3n) is 4.87. The highest BCUT2D eigenvalue weighted by Crippen LogP contribution is 2.11. The standard InChI is InChI=1S/C20H35N5OS.HI/c1-4-5-12-25-13-9-17(10-14-25)23-20(22-16-19(26)24(2)3)21-11-8-18-7-6-15-27-18;/h6-7,15,17H,4-5,8-14,16H2,1-3H3,(H2,21,22,23);1H. The van der Waals surface area contributed by atoms with E-state index in [2.05, 4.69) is 45.0 Å². The largest absolute Gasteiger partial charge is 0.356 e. The number of piperidine rings is 1. The molecule has 2 rings (SSSR count). The first-order chi connectivity index (χ1) is 13.1. The molecular formula is C20H36IN5OS. The summed E-state index contributed by atoms with van der Waals surface area (Å²) in [5, 5.41) is 9.06. The van der Waals surface area contributed by atoms with Crippen LogP contribution in [0.4, 0.5) is 0 Å². The summed E-state index contributed by atoms with van der Waals surface area (Å²) >= 11 is 1.77. The van der Waals surface area contributed by atoms with Crippen molar-refractivity contribution in [3.05, 3.63) is 22.4 Å². The van der Waals surface area contributed by atoms with Gasteiger partial charge in [0, 0.05) is 44.6 Å². The Hall–Kier alpha value is -0.870. The summed E-state index contributed by atoms with van der Waals surface area (Å²) in [6, 6.07) is 4.65. The van der Waals surface area contributed by atoms with Crippen LogP contribution in [0.25, 0.3) is 0 Å². The SMILES string of the molecule is CCCCN1CCC(NC(=NCC(=O)N(C)C)NCCc2cccs2)CC1.I. The lowest BCUT2D eigenvalue weighted by Crippen LogP contribution is -2.49. The number of carbonyl (C=O) groups excluding carboxylic acids is 1. The van der Waals surface area contributed by atoms with Crippen molar-refractivity contribution in [2.24, 2.45) is 4.99 Å². The van der Waals surface area contributed by atoms with Crippen molar-refractivity contribution < 1.29 is 4.79 Å². The van der Waals surface area contributed by atoms with E-state index < -0.39 is 0 Å². The van der Waals surface area contributed by atoms with Gasteiger partial charge in [-0.25, -0.2) is 4.99 Å². The highest BCUT2D eigenvalue weighted by molar-refractivity contribution is 14.0. The van der Waals surface area contributed by atoms with Crippen molar-refractivity contribution in [3.63, 3.8) is 0 Å². The number of unbranched alkanes of at least 4 members (excludes halogenated alkanes) is 1. The molecule has 0 aromatic carbocycles. The second-order valence-corrected chi connectivity index (χ2v) is 8.36. The molecule has 1 fully saturated rings. The van der Waals surface area contributed by atoms with E-state index >= 15 is 0 Å². The van der Waals surface area contributed by atoms with Gasteiger partial charge in [-0.05, 0) is 43.7 Å². The van der Waals surface area contributed by atoms with Gasteiger partial charge in [-0.15, -0.1) is 35.3 Å². The second kappa shape index (κ2) is 14.2. The number of hydrogen-bond donors (Lipinski definition) is 2. The molecule has 0 atom stereocenters. The van der Waals surface area contributed by atoms with Crippen LogP contribution >= 0.6 is 35.3 Å². The average Bonchev–Trinajstić information content (AvgIpc) is 3.18. The Morgan fingerprint density at radius 2 is 2.11 bits per heavy atom. The molecule has 28 heavy (non-hydrogen) atoms. The fraction of sp³-hybridized carbons (Fsp3) is 0.700. The third-order valence-corrected chi connectivity index (χ3v) is 5.81. The van der Waals surface area contributed by atoms with E-state index in [1.165, 1.54) is 24.3 Å². The van der Waals surface area contributed by atoms with Crippen LogP contribution in [0.5, 0.6) is 0 Å². The van der Waals surface area contributed by atoms with Crippen molar-refractivity contribution >= 4 is 47.2 Å². The van der Waals surface area contributed by atoms with Gasteiger partial charge < -0.3 is 20.4 Å². The summed E-state index contributed by atoms with van der Waals surface area (Å²) in [6.45, 7) is 6.72. The van der Waals surface area contributed by atoms with Gasteiger partial charge in [-0.3, -0.25) is 4.79 Å². The number of carbonyl (C=O) groups is 1. The maximum Gasteiger partial charge on any atom is 0.243 e. The Morgan fingerprint density at radius 3 is 2.71 bits per heavy atom.